The number of aromatic nitrogens is 3. The van der Waals surface area contributed by atoms with Crippen LogP contribution in [0.4, 0.5) is 0 Å². The van der Waals surface area contributed by atoms with Crippen LogP contribution in [0, 0.1) is 3.57 Å². The van der Waals surface area contributed by atoms with Crippen molar-refractivity contribution in [3.63, 3.8) is 0 Å². The van der Waals surface area contributed by atoms with Crippen molar-refractivity contribution in [2.24, 2.45) is 0 Å². The molecule has 8 heteroatoms. The van der Waals surface area contributed by atoms with Crippen molar-refractivity contribution in [2.75, 3.05) is 12.3 Å². The summed E-state index contributed by atoms with van der Waals surface area (Å²) >= 11 is 3.66. The number of aryl methyl sites for hydroxylation is 2. The minimum Gasteiger partial charge on any atom is -0.356 e. The van der Waals surface area contributed by atoms with Crippen molar-refractivity contribution in [2.45, 2.75) is 38.3 Å². The summed E-state index contributed by atoms with van der Waals surface area (Å²) in [7, 11) is 0. The molecule has 0 aliphatic rings. The molecule has 0 spiro atoms. The minimum atomic E-state index is -0.0409. The van der Waals surface area contributed by atoms with Gasteiger partial charge in [0.15, 0.2) is 10.9 Å². The van der Waals surface area contributed by atoms with Crippen LogP contribution >= 0.6 is 34.4 Å². The standard InChI is InChI=1S/C23H25IN4O2S/c1-3-17-6-8-18(9-7-17)21(30)15-31-23-27-26-22(5-4-14-25-16(2)29)28(23)20-12-10-19(24)11-13-20/h6-13H,3-5,14-15H2,1-2H3,(H,25,29). The van der Waals surface area contributed by atoms with Gasteiger partial charge in [0.05, 0.1) is 5.75 Å². The lowest BCUT2D eigenvalue weighted by atomic mass is 10.1. The number of rotatable bonds is 10. The topological polar surface area (TPSA) is 76.9 Å². The summed E-state index contributed by atoms with van der Waals surface area (Å²) in [4.78, 5) is 23.8. The molecule has 1 heterocycles. The van der Waals surface area contributed by atoms with Crippen molar-refractivity contribution >= 4 is 46.0 Å². The Morgan fingerprint density at radius 1 is 1.06 bits per heavy atom. The third kappa shape index (κ3) is 6.64. The molecule has 3 rings (SSSR count). The van der Waals surface area contributed by atoms with E-state index in [0.717, 1.165) is 27.9 Å². The van der Waals surface area contributed by atoms with Crippen LogP contribution in [0.15, 0.2) is 53.7 Å². The Kier molecular flexibility index (Phi) is 8.65. The zero-order valence-corrected chi connectivity index (χ0v) is 20.6. The molecule has 0 fully saturated rings. The molecule has 6 nitrogen and oxygen atoms in total. The van der Waals surface area contributed by atoms with E-state index in [0.29, 0.717) is 29.4 Å². The van der Waals surface area contributed by atoms with E-state index in [2.05, 4.69) is 45.0 Å². The van der Waals surface area contributed by atoms with Crippen molar-refractivity contribution in [3.8, 4) is 5.69 Å². The third-order valence-corrected chi connectivity index (χ3v) is 6.40. The zero-order chi connectivity index (χ0) is 22.2. The van der Waals surface area contributed by atoms with Crippen LogP contribution < -0.4 is 5.32 Å². The predicted molar refractivity (Wildman–Crippen MR) is 132 cm³/mol. The Labute approximate surface area is 200 Å². The van der Waals surface area contributed by atoms with Crippen LogP contribution in [-0.4, -0.2) is 38.8 Å². The highest BCUT2D eigenvalue weighted by Gasteiger charge is 2.16. The van der Waals surface area contributed by atoms with E-state index in [1.54, 1.807) is 0 Å². The number of hydrogen-bond acceptors (Lipinski definition) is 5. The van der Waals surface area contributed by atoms with Crippen LogP contribution in [0.25, 0.3) is 5.69 Å². The zero-order valence-electron chi connectivity index (χ0n) is 17.6. The largest absolute Gasteiger partial charge is 0.356 e. The SMILES string of the molecule is CCc1ccc(C(=O)CSc2nnc(CCCNC(C)=O)n2-c2ccc(I)cc2)cc1. The molecule has 3 aromatic rings. The average Bonchev–Trinajstić information content (AvgIpc) is 3.18. The lowest BCUT2D eigenvalue weighted by Crippen LogP contribution is -2.21. The molecule has 0 bridgehead atoms. The maximum atomic E-state index is 12.7. The molecular weight excluding hydrogens is 523 g/mol. The van der Waals surface area contributed by atoms with Gasteiger partial charge in [-0.05, 0) is 65.3 Å². The number of carbonyl (C=O) groups is 2. The van der Waals surface area contributed by atoms with Crippen molar-refractivity contribution in [1.82, 2.24) is 20.1 Å². The monoisotopic (exact) mass is 548 g/mol. The summed E-state index contributed by atoms with van der Waals surface area (Å²) in [6.45, 7) is 4.19. The van der Waals surface area contributed by atoms with Crippen LogP contribution in [0.3, 0.4) is 0 Å². The van der Waals surface area contributed by atoms with Gasteiger partial charge >= 0.3 is 0 Å². The molecule has 0 unspecified atom stereocenters. The van der Waals surface area contributed by atoms with E-state index >= 15 is 0 Å². The molecule has 31 heavy (non-hydrogen) atoms. The van der Waals surface area contributed by atoms with Gasteiger partial charge in [-0.1, -0.05) is 43.0 Å². The van der Waals surface area contributed by atoms with Gasteiger partial charge in [0, 0.05) is 34.7 Å². The van der Waals surface area contributed by atoms with Crippen molar-refractivity contribution < 1.29 is 9.59 Å². The number of nitrogens with zero attached hydrogens (tertiary/aromatic N) is 3. The van der Waals surface area contributed by atoms with E-state index in [1.165, 1.54) is 24.2 Å². The van der Waals surface area contributed by atoms with E-state index in [1.807, 2.05) is 53.1 Å². The predicted octanol–water partition coefficient (Wildman–Crippen LogP) is 4.48. The molecule has 2 aromatic carbocycles. The normalized spacial score (nSPS) is 10.8. The van der Waals surface area contributed by atoms with Gasteiger partial charge in [0.2, 0.25) is 5.91 Å². The molecule has 1 N–H and O–H groups in total. The number of amides is 1. The molecule has 162 valence electrons. The number of hydrogen-bond donors (Lipinski definition) is 1. The Balaban J connectivity index is 1.75. The smallest absolute Gasteiger partial charge is 0.216 e. The quantitative estimate of drug-likeness (QED) is 0.175. The highest BCUT2D eigenvalue weighted by Crippen LogP contribution is 2.24. The summed E-state index contributed by atoms with van der Waals surface area (Å²) in [5.41, 5.74) is 2.88. The summed E-state index contributed by atoms with van der Waals surface area (Å²) in [6, 6.07) is 15.9. The highest BCUT2D eigenvalue weighted by atomic mass is 127. The molecule has 0 saturated heterocycles. The van der Waals surface area contributed by atoms with Gasteiger partial charge in [0.1, 0.15) is 5.82 Å². The van der Waals surface area contributed by atoms with Crippen molar-refractivity contribution in [1.29, 1.82) is 0 Å². The first kappa shape index (κ1) is 23.5. The number of benzene rings is 2. The lowest BCUT2D eigenvalue weighted by Gasteiger charge is -2.11. The van der Waals surface area contributed by atoms with Crippen LogP contribution in [-0.2, 0) is 17.6 Å². The van der Waals surface area contributed by atoms with Gasteiger partial charge < -0.3 is 5.32 Å². The Morgan fingerprint density at radius 3 is 2.42 bits per heavy atom. The third-order valence-electron chi connectivity index (χ3n) is 4.75. The average molecular weight is 548 g/mol. The first-order chi connectivity index (χ1) is 15.0. The molecule has 0 radical (unpaired) electrons. The minimum absolute atomic E-state index is 0.0409. The fraction of sp³-hybridized carbons (Fsp3) is 0.304. The summed E-state index contributed by atoms with van der Waals surface area (Å²) in [6.07, 6.45) is 2.38. The highest BCUT2D eigenvalue weighted by molar-refractivity contribution is 14.1. The first-order valence-corrected chi connectivity index (χ1v) is 12.2. The summed E-state index contributed by atoms with van der Waals surface area (Å²) in [5.74, 6) is 1.13. The van der Waals surface area contributed by atoms with Crippen LogP contribution in [0.2, 0.25) is 0 Å². The number of Topliss-reactive ketones (excluding diaryl/α,β-unsaturated/α-hetero) is 1. The summed E-state index contributed by atoms with van der Waals surface area (Å²) in [5, 5.41) is 12.2. The molecule has 0 saturated carbocycles. The summed E-state index contributed by atoms with van der Waals surface area (Å²) < 4.78 is 3.14. The maximum Gasteiger partial charge on any atom is 0.216 e. The van der Waals surface area contributed by atoms with Crippen LogP contribution in [0.1, 0.15) is 42.0 Å². The number of nitrogens with one attached hydrogen (secondary N) is 1. The van der Waals surface area contributed by atoms with Gasteiger partial charge in [0.25, 0.3) is 0 Å². The van der Waals surface area contributed by atoms with E-state index in [9.17, 15) is 9.59 Å². The second-order valence-corrected chi connectivity index (χ2v) is 9.25. The maximum absolute atomic E-state index is 12.7. The lowest BCUT2D eigenvalue weighted by molar-refractivity contribution is -0.118. The number of halogens is 1. The second-order valence-electron chi connectivity index (χ2n) is 7.06. The molecule has 0 aliphatic carbocycles. The van der Waals surface area contributed by atoms with Crippen LogP contribution in [0.5, 0.6) is 0 Å². The van der Waals surface area contributed by atoms with Gasteiger partial charge in [-0.2, -0.15) is 0 Å². The van der Waals surface area contributed by atoms with E-state index in [-0.39, 0.29) is 11.7 Å². The second kappa shape index (κ2) is 11.4. The molecule has 0 atom stereocenters. The molecular formula is C23H25IN4O2S. The number of thioether (sulfide) groups is 1. The van der Waals surface area contributed by atoms with Crippen molar-refractivity contribution in [3.05, 3.63) is 69.1 Å². The Bertz CT molecular complexity index is 1030. The Hall–Kier alpha value is -2.20. The number of carbonyl (C=O) groups excluding carboxylic acids is 2. The van der Waals surface area contributed by atoms with Gasteiger partial charge in [-0.25, -0.2) is 0 Å². The molecule has 1 aromatic heterocycles. The van der Waals surface area contributed by atoms with E-state index in [4.69, 9.17) is 0 Å². The van der Waals surface area contributed by atoms with Gasteiger partial charge in [-0.3, -0.25) is 14.2 Å². The van der Waals surface area contributed by atoms with E-state index < -0.39 is 0 Å². The molecule has 0 aliphatic heterocycles. The number of ketones is 1. The molecule has 1 amide bonds. The fourth-order valence-corrected chi connectivity index (χ4v) is 4.28. The fourth-order valence-electron chi connectivity index (χ4n) is 3.06. The first-order valence-electron chi connectivity index (χ1n) is 10.2. The van der Waals surface area contributed by atoms with Gasteiger partial charge in [-0.15, -0.1) is 10.2 Å². The Morgan fingerprint density at radius 2 is 1.77 bits per heavy atom.